The molecule has 4 heteroatoms. The highest BCUT2D eigenvalue weighted by molar-refractivity contribution is 9.10. The lowest BCUT2D eigenvalue weighted by atomic mass is 10.3. The minimum absolute atomic E-state index is 0.595. The maximum atomic E-state index is 5.41. The van der Waals surface area contributed by atoms with Gasteiger partial charge in [-0.2, -0.15) is 0 Å². The van der Waals surface area contributed by atoms with Crippen LogP contribution in [0.3, 0.4) is 0 Å². The van der Waals surface area contributed by atoms with Crippen molar-refractivity contribution in [2.75, 3.05) is 6.61 Å². The summed E-state index contributed by atoms with van der Waals surface area (Å²) in [7, 11) is 0. The number of furan rings is 1. The zero-order valence-electron chi connectivity index (χ0n) is 7.08. The normalized spacial score (nSPS) is 10.6. The van der Waals surface area contributed by atoms with E-state index in [0.29, 0.717) is 17.0 Å². The maximum absolute atomic E-state index is 5.41. The number of hydrogen-bond acceptors (Lipinski definition) is 3. The Morgan fingerprint density at radius 2 is 2.46 bits per heavy atom. The van der Waals surface area contributed by atoms with Gasteiger partial charge in [0.15, 0.2) is 5.75 Å². The molecule has 13 heavy (non-hydrogen) atoms. The molecule has 2 heterocycles. The molecule has 0 unspecified atom stereocenters. The number of nitrogens with zero attached hydrogens (tertiary/aromatic N) is 1. The largest absolute Gasteiger partial charge is 0.489 e. The fourth-order valence-electron chi connectivity index (χ4n) is 1.16. The molecule has 3 nitrogen and oxygen atoms in total. The van der Waals surface area contributed by atoms with Gasteiger partial charge in [-0.1, -0.05) is 0 Å². The van der Waals surface area contributed by atoms with Crippen molar-refractivity contribution in [3.8, 4) is 5.75 Å². The second kappa shape index (κ2) is 3.38. The van der Waals surface area contributed by atoms with Crippen molar-refractivity contribution in [1.29, 1.82) is 0 Å². The molecule has 0 radical (unpaired) electrons. The lowest BCUT2D eigenvalue weighted by Gasteiger charge is -1.98. The van der Waals surface area contributed by atoms with Crippen molar-refractivity contribution in [2.45, 2.75) is 6.92 Å². The summed E-state index contributed by atoms with van der Waals surface area (Å²) in [5.74, 6) is 0.727. The van der Waals surface area contributed by atoms with E-state index >= 15 is 0 Å². The van der Waals surface area contributed by atoms with Gasteiger partial charge in [0.2, 0.25) is 10.4 Å². The third-order valence-corrected chi connectivity index (χ3v) is 2.19. The molecule has 0 aliphatic carbocycles. The Hall–Kier alpha value is -1.03. The smallest absolute Gasteiger partial charge is 0.231 e. The first-order chi connectivity index (χ1) is 6.33. The Morgan fingerprint density at radius 1 is 1.62 bits per heavy atom. The molecule has 68 valence electrons. The predicted octanol–water partition coefficient (Wildman–Crippen LogP) is 2.99. The average Bonchev–Trinajstić information content (AvgIpc) is 2.44. The van der Waals surface area contributed by atoms with Crippen LogP contribution in [0.4, 0.5) is 0 Å². The number of hydrogen-bond donors (Lipinski definition) is 0. The molecule has 0 fully saturated rings. The molecule has 2 rings (SSSR count). The van der Waals surface area contributed by atoms with Gasteiger partial charge in [0.25, 0.3) is 0 Å². The number of rotatable bonds is 2. The van der Waals surface area contributed by atoms with Crippen LogP contribution in [-0.4, -0.2) is 11.6 Å². The number of fused-ring (bicyclic) bond motifs is 1. The number of pyridine rings is 1. The van der Waals surface area contributed by atoms with Crippen LogP contribution in [0.15, 0.2) is 27.4 Å². The Morgan fingerprint density at radius 3 is 3.23 bits per heavy atom. The summed E-state index contributed by atoms with van der Waals surface area (Å²) >= 11 is 3.28. The quantitative estimate of drug-likeness (QED) is 0.811. The van der Waals surface area contributed by atoms with E-state index in [0.717, 1.165) is 11.1 Å². The highest BCUT2D eigenvalue weighted by Gasteiger charge is 2.12. The number of aromatic nitrogens is 1. The standard InChI is InChI=1S/C9H8BrNO2/c1-2-12-7-6-4-3-5-11-9(6)13-8(7)10/h3-5H,2H2,1H3. The van der Waals surface area contributed by atoms with Gasteiger partial charge in [-0.15, -0.1) is 0 Å². The summed E-state index contributed by atoms with van der Waals surface area (Å²) in [6, 6.07) is 3.77. The van der Waals surface area contributed by atoms with E-state index in [1.807, 2.05) is 19.1 Å². The fraction of sp³-hybridized carbons (Fsp3) is 0.222. The number of ether oxygens (including phenoxy) is 1. The lowest BCUT2D eigenvalue weighted by molar-refractivity contribution is 0.334. The van der Waals surface area contributed by atoms with Gasteiger partial charge in [0, 0.05) is 6.20 Å². The molecule has 0 amide bonds. The van der Waals surface area contributed by atoms with E-state index in [2.05, 4.69) is 20.9 Å². The first-order valence-corrected chi connectivity index (χ1v) is 4.78. The van der Waals surface area contributed by atoms with Crippen LogP contribution in [-0.2, 0) is 0 Å². The van der Waals surface area contributed by atoms with Gasteiger partial charge in [-0.25, -0.2) is 4.98 Å². The van der Waals surface area contributed by atoms with E-state index in [1.165, 1.54) is 0 Å². The SMILES string of the molecule is CCOc1c(Br)oc2ncccc12. The van der Waals surface area contributed by atoms with E-state index < -0.39 is 0 Å². The fourth-order valence-corrected chi connectivity index (χ4v) is 1.64. The van der Waals surface area contributed by atoms with Gasteiger partial charge >= 0.3 is 0 Å². The minimum atomic E-state index is 0.595. The van der Waals surface area contributed by atoms with Gasteiger partial charge in [0.05, 0.1) is 12.0 Å². The first kappa shape index (κ1) is 8.56. The maximum Gasteiger partial charge on any atom is 0.231 e. The van der Waals surface area contributed by atoms with Crippen molar-refractivity contribution in [2.24, 2.45) is 0 Å². The molecule has 0 saturated heterocycles. The second-order valence-electron chi connectivity index (χ2n) is 2.49. The second-order valence-corrected chi connectivity index (χ2v) is 3.21. The molecular weight excluding hydrogens is 234 g/mol. The monoisotopic (exact) mass is 241 g/mol. The third kappa shape index (κ3) is 1.42. The highest BCUT2D eigenvalue weighted by Crippen LogP contribution is 2.35. The van der Waals surface area contributed by atoms with Crippen LogP contribution in [0.25, 0.3) is 11.1 Å². The van der Waals surface area contributed by atoms with Crippen LogP contribution in [0.1, 0.15) is 6.92 Å². The molecule has 0 aromatic carbocycles. The summed E-state index contributed by atoms with van der Waals surface area (Å²) in [6.45, 7) is 2.55. The summed E-state index contributed by atoms with van der Waals surface area (Å²) in [5.41, 5.74) is 0.595. The molecular formula is C9H8BrNO2. The predicted molar refractivity (Wildman–Crippen MR) is 52.9 cm³/mol. The van der Waals surface area contributed by atoms with Crippen LogP contribution < -0.4 is 4.74 Å². The van der Waals surface area contributed by atoms with Crippen molar-refractivity contribution < 1.29 is 9.15 Å². The molecule has 0 saturated carbocycles. The van der Waals surface area contributed by atoms with Gasteiger partial charge in [-0.3, -0.25) is 0 Å². The molecule has 2 aromatic rings. The molecule has 0 atom stereocenters. The zero-order valence-corrected chi connectivity index (χ0v) is 8.67. The summed E-state index contributed by atoms with van der Waals surface area (Å²) < 4.78 is 11.3. The summed E-state index contributed by atoms with van der Waals surface area (Å²) in [6.07, 6.45) is 1.69. The van der Waals surface area contributed by atoms with Crippen molar-refractivity contribution >= 4 is 27.0 Å². The summed E-state index contributed by atoms with van der Waals surface area (Å²) in [4.78, 5) is 4.07. The first-order valence-electron chi connectivity index (χ1n) is 3.98. The Bertz CT molecular complexity index is 424. The van der Waals surface area contributed by atoms with Gasteiger partial charge in [0.1, 0.15) is 0 Å². The summed E-state index contributed by atoms with van der Waals surface area (Å²) in [5, 5.41) is 0.899. The topological polar surface area (TPSA) is 35.3 Å². The van der Waals surface area contributed by atoms with E-state index in [1.54, 1.807) is 6.20 Å². The molecule has 0 N–H and O–H groups in total. The Kier molecular flexibility index (Phi) is 2.22. The highest BCUT2D eigenvalue weighted by atomic mass is 79.9. The van der Waals surface area contributed by atoms with Crippen molar-refractivity contribution in [1.82, 2.24) is 4.98 Å². The minimum Gasteiger partial charge on any atom is -0.489 e. The van der Waals surface area contributed by atoms with E-state index in [4.69, 9.17) is 9.15 Å². The van der Waals surface area contributed by atoms with Gasteiger partial charge < -0.3 is 9.15 Å². The molecule has 0 spiro atoms. The van der Waals surface area contributed by atoms with E-state index in [9.17, 15) is 0 Å². The Balaban J connectivity index is 2.64. The zero-order chi connectivity index (χ0) is 9.26. The molecule has 0 aliphatic rings. The van der Waals surface area contributed by atoms with Crippen molar-refractivity contribution in [3.63, 3.8) is 0 Å². The van der Waals surface area contributed by atoms with Gasteiger partial charge in [-0.05, 0) is 35.0 Å². The van der Waals surface area contributed by atoms with Crippen LogP contribution in [0, 0.1) is 0 Å². The molecule has 0 aliphatic heterocycles. The lowest BCUT2D eigenvalue weighted by Crippen LogP contribution is -1.90. The van der Waals surface area contributed by atoms with Crippen LogP contribution in [0.2, 0.25) is 0 Å². The number of halogens is 1. The average molecular weight is 242 g/mol. The molecule has 2 aromatic heterocycles. The Labute approximate surface area is 83.8 Å². The third-order valence-electron chi connectivity index (χ3n) is 1.67. The van der Waals surface area contributed by atoms with Crippen molar-refractivity contribution in [3.05, 3.63) is 23.0 Å². The van der Waals surface area contributed by atoms with Crippen LogP contribution in [0.5, 0.6) is 5.75 Å². The van der Waals surface area contributed by atoms with E-state index in [-0.39, 0.29) is 0 Å². The molecule has 0 bridgehead atoms. The van der Waals surface area contributed by atoms with Crippen LogP contribution >= 0.6 is 15.9 Å².